The summed E-state index contributed by atoms with van der Waals surface area (Å²) < 4.78 is 10.4. The van der Waals surface area contributed by atoms with E-state index in [4.69, 9.17) is 21.7 Å². The molecule has 33 heavy (non-hydrogen) atoms. The number of non-ortho nitro benzene ring substituents is 1. The highest BCUT2D eigenvalue weighted by Crippen LogP contribution is 2.26. The number of benzene rings is 2. The van der Waals surface area contributed by atoms with Crippen LogP contribution in [0.2, 0.25) is 0 Å². The number of nitrogens with zero attached hydrogens (tertiary/aromatic N) is 2. The Morgan fingerprint density at radius 2 is 1.88 bits per heavy atom. The number of hydrogen-bond acceptors (Lipinski definition) is 8. The molecule has 0 radical (unpaired) electrons. The van der Waals surface area contributed by atoms with E-state index in [1.807, 2.05) is 11.8 Å². The summed E-state index contributed by atoms with van der Waals surface area (Å²) in [7, 11) is 0. The van der Waals surface area contributed by atoms with Crippen LogP contribution in [-0.2, 0) is 9.47 Å². The van der Waals surface area contributed by atoms with Crippen molar-refractivity contribution in [1.82, 2.24) is 5.32 Å². The number of carbonyl (C=O) groups is 2. The van der Waals surface area contributed by atoms with E-state index in [0.29, 0.717) is 49.8 Å². The van der Waals surface area contributed by atoms with E-state index >= 15 is 0 Å². The van der Waals surface area contributed by atoms with Gasteiger partial charge >= 0.3 is 5.97 Å². The van der Waals surface area contributed by atoms with Gasteiger partial charge in [0.25, 0.3) is 11.6 Å². The summed E-state index contributed by atoms with van der Waals surface area (Å²) in [6, 6.07) is 10.6. The molecule has 0 saturated carbocycles. The maximum absolute atomic E-state index is 12.9. The van der Waals surface area contributed by atoms with E-state index in [9.17, 15) is 19.7 Å². The highest BCUT2D eigenvalue weighted by atomic mass is 32.1. The molecule has 0 aliphatic carbocycles. The van der Waals surface area contributed by atoms with Gasteiger partial charge in [0.2, 0.25) is 0 Å². The zero-order valence-electron chi connectivity index (χ0n) is 18.0. The minimum absolute atomic E-state index is 0.0146. The fourth-order valence-electron chi connectivity index (χ4n) is 3.20. The van der Waals surface area contributed by atoms with E-state index < -0.39 is 16.8 Å². The third kappa shape index (κ3) is 6.46. The first kappa shape index (κ1) is 24.1. The van der Waals surface area contributed by atoms with Crippen molar-refractivity contribution < 1.29 is 24.0 Å². The number of amides is 1. The summed E-state index contributed by atoms with van der Waals surface area (Å²) in [5.41, 5.74) is 1.47. The second-order valence-electron chi connectivity index (χ2n) is 7.18. The molecule has 2 aromatic rings. The quantitative estimate of drug-likeness (QED) is 0.271. The lowest BCUT2D eigenvalue weighted by Gasteiger charge is -2.30. The van der Waals surface area contributed by atoms with Crippen molar-refractivity contribution in [1.29, 1.82) is 0 Å². The topological polar surface area (TPSA) is 123 Å². The molecule has 1 aliphatic heterocycles. The first-order valence-electron chi connectivity index (χ1n) is 10.4. The molecule has 0 aromatic heterocycles. The smallest absolute Gasteiger partial charge is 0.338 e. The molecule has 2 N–H and O–H groups in total. The zero-order valence-corrected chi connectivity index (χ0v) is 18.9. The van der Waals surface area contributed by atoms with Gasteiger partial charge in [0.15, 0.2) is 5.11 Å². The number of nitro benzene ring substituents is 1. The fraction of sp³-hybridized carbons (Fsp3) is 0.318. The molecule has 0 spiro atoms. The normalized spacial score (nSPS) is 13.2. The molecule has 0 unspecified atom stereocenters. The second kappa shape index (κ2) is 11.3. The largest absolute Gasteiger partial charge is 0.462 e. The number of nitro groups is 1. The molecule has 0 bridgehead atoms. The van der Waals surface area contributed by atoms with Crippen molar-refractivity contribution in [3.05, 3.63) is 63.7 Å². The van der Waals surface area contributed by atoms with E-state index in [2.05, 4.69) is 10.6 Å². The van der Waals surface area contributed by atoms with Crippen molar-refractivity contribution in [3.8, 4) is 0 Å². The summed E-state index contributed by atoms with van der Waals surface area (Å²) in [6.07, 6.45) is 0.733. The summed E-state index contributed by atoms with van der Waals surface area (Å²) in [5, 5.41) is 16.7. The van der Waals surface area contributed by atoms with Crippen molar-refractivity contribution >= 4 is 46.3 Å². The molecule has 1 aliphatic rings. The number of hydrogen-bond donors (Lipinski definition) is 2. The molecule has 1 saturated heterocycles. The standard InChI is InChI=1S/C22H24N4O6S/c1-2-11-32-21(28)15-3-5-16(6-4-15)23-22(33)24-20(27)18-14-17(26(29)30)7-8-19(18)25-9-12-31-13-10-25/h3-8,14H,2,9-13H2,1H3,(H2,23,24,27,33). The lowest BCUT2D eigenvalue weighted by Crippen LogP contribution is -2.39. The van der Waals surface area contributed by atoms with Crippen LogP contribution in [0.15, 0.2) is 42.5 Å². The van der Waals surface area contributed by atoms with Crippen LogP contribution in [-0.4, -0.2) is 54.8 Å². The minimum atomic E-state index is -0.572. The van der Waals surface area contributed by atoms with Gasteiger partial charge in [-0.1, -0.05) is 6.92 Å². The highest BCUT2D eigenvalue weighted by molar-refractivity contribution is 7.80. The molecule has 0 atom stereocenters. The first-order chi connectivity index (χ1) is 15.9. The number of thiocarbonyl (C=S) groups is 1. The van der Waals surface area contributed by atoms with Gasteiger partial charge in [-0.15, -0.1) is 0 Å². The number of esters is 1. The minimum Gasteiger partial charge on any atom is -0.462 e. The third-order valence-corrected chi connectivity index (χ3v) is 5.03. The third-order valence-electron chi connectivity index (χ3n) is 4.83. The lowest BCUT2D eigenvalue weighted by atomic mass is 10.1. The van der Waals surface area contributed by atoms with Gasteiger partial charge in [0.1, 0.15) is 0 Å². The van der Waals surface area contributed by atoms with Crippen molar-refractivity contribution in [2.24, 2.45) is 0 Å². The Balaban J connectivity index is 1.70. The molecule has 174 valence electrons. The molecule has 3 rings (SSSR count). The van der Waals surface area contributed by atoms with Gasteiger partial charge in [-0.25, -0.2) is 4.79 Å². The molecule has 1 fully saturated rings. The SMILES string of the molecule is CCCOC(=O)c1ccc(NC(=S)NC(=O)c2cc([N+](=O)[O-])ccc2N2CCOCC2)cc1. The Hall–Kier alpha value is -3.57. The maximum Gasteiger partial charge on any atom is 0.338 e. The Labute approximate surface area is 196 Å². The monoisotopic (exact) mass is 472 g/mol. The number of rotatable bonds is 7. The van der Waals surface area contributed by atoms with Gasteiger partial charge in [-0.3, -0.25) is 20.2 Å². The van der Waals surface area contributed by atoms with E-state index in [-0.39, 0.29) is 16.4 Å². The van der Waals surface area contributed by atoms with Gasteiger partial charge in [-0.05, 0) is 49.0 Å². The van der Waals surface area contributed by atoms with Crippen molar-refractivity contribution in [2.75, 3.05) is 43.1 Å². The van der Waals surface area contributed by atoms with Crippen LogP contribution in [0.4, 0.5) is 17.1 Å². The molecule has 1 heterocycles. The van der Waals surface area contributed by atoms with E-state index in [1.165, 1.54) is 12.1 Å². The van der Waals surface area contributed by atoms with Crippen LogP contribution in [0.3, 0.4) is 0 Å². The number of ether oxygens (including phenoxy) is 2. The summed E-state index contributed by atoms with van der Waals surface area (Å²) in [6.45, 7) is 4.38. The average Bonchev–Trinajstić information content (AvgIpc) is 2.83. The number of anilines is 2. The highest BCUT2D eigenvalue weighted by Gasteiger charge is 2.22. The predicted molar refractivity (Wildman–Crippen MR) is 127 cm³/mol. The number of morpholine rings is 1. The fourth-order valence-corrected chi connectivity index (χ4v) is 3.41. The molecular weight excluding hydrogens is 448 g/mol. The van der Waals surface area contributed by atoms with Gasteiger partial charge in [0, 0.05) is 30.9 Å². The van der Waals surface area contributed by atoms with Crippen LogP contribution >= 0.6 is 12.2 Å². The van der Waals surface area contributed by atoms with Crippen molar-refractivity contribution in [3.63, 3.8) is 0 Å². The molecule has 1 amide bonds. The van der Waals surface area contributed by atoms with Crippen LogP contribution in [0.1, 0.15) is 34.1 Å². The maximum atomic E-state index is 12.9. The second-order valence-corrected chi connectivity index (χ2v) is 7.59. The van der Waals surface area contributed by atoms with E-state index in [0.717, 1.165) is 6.42 Å². The molecular formula is C22H24N4O6S. The first-order valence-corrected chi connectivity index (χ1v) is 10.8. The van der Waals surface area contributed by atoms with E-state index in [1.54, 1.807) is 30.3 Å². The zero-order chi connectivity index (χ0) is 23.8. The lowest BCUT2D eigenvalue weighted by molar-refractivity contribution is -0.384. The van der Waals surface area contributed by atoms with Crippen molar-refractivity contribution in [2.45, 2.75) is 13.3 Å². The van der Waals surface area contributed by atoms with Crippen LogP contribution < -0.4 is 15.5 Å². The Morgan fingerprint density at radius 3 is 2.52 bits per heavy atom. The number of carbonyl (C=O) groups excluding carboxylic acids is 2. The van der Waals surface area contributed by atoms with Gasteiger partial charge in [-0.2, -0.15) is 0 Å². The Bertz CT molecular complexity index is 1040. The predicted octanol–water partition coefficient (Wildman–Crippen LogP) is 3.13. The van der Waals surface area contributed by atoms with Crippen LogP contribution in [0.25, 0.3) is 0 Å². The van der Waals surface area contributed by atoms with Gasteiger partial charge in [0.05, 0.1) is 41.6 Å². The Morgan fingerprint density at radius 1 is 1.18 bits per heavy atom. The van der Waals surface area contributed by atoms with Crippen LogP contribution in [0.5, 0.6) is 0 Å². The Kier molecular flexibility index (Phi) is 8.28. The van der Waals surface area contributed by atoms with Crippen LogP contribution in [0, 0.1) is 10.1 Å². The number of nitrogens with one attached hydrogen (secondary N) is 2. The molecule has 10 nitrogen and oxygen atoms in total. The average molecular weight is 473 g/mol. The summed E-state index contributed by atoms with van der Waals surface area (Å²) in [4.78, 5) is 37.5. The molecule has 11 heteroatoms. The molecule has 2 aromatic carbocycles. The van der Waals surface area contributed by atoms with Gasteiger partial charge < -0.3 is 19.7 Å². The summed E-state index contributed by atoms with van der Waals surface area (Å²) in [5.74, 6) is -0.988. The summed E-state index contributed by atoms with van der Waals surface area (Å²) >= 11 is 5.24.